The summed E-state index contributed by atoms with van der Waals surface area (Å²) in [6.07, 6.45) is 0. The minimum Gasteiger partial charge on any atom is -0.0616 e. The Balaban J connectivity index is 2.48. The van der Waals surface area contributed by atoms with Crippen LogP contribution in [0, 0.1) is 0 Å². The molecule has 1 aliphatic carbocycles. The van der Waals surface area contributed by atoms with Gasteiger partial charge in [-0.1, -0.05) is 91.8 Å². The predicted molar refractivity (Wildman–Crippen MR) is 101 cm³/mol. The normalized spacial score (nSPS) is 16.2. The highest BCUT2D eigenvalue weighted by molar-refractivity contribution is 5.86. The highest BCUT2D eigenvalue weighted by Crippen LogP contribution is 2.54. The first-order valence-corrected chi connectivity index (χ1v) is 8.74. The van der Waals surface area contributed by atoms with Crippen molar-refractivity contribution < 1.29 is 0 Å². The van der Waals surface area contributed by atoms with Gasteiger partial charge in [0.15, 0.2) is 0 Å². The Morgan fingerprint density at radius 3 is 1.26 bits per heavy atom. The SMILES string of the molecule is CC(C)(C)c1cccc2c1-c1c(C(C)(C)C)cccc1C2(C)C. The van der Waals surface area contributed by atoms with E-state index in [9.17, 15) is 0 Å². The second kappa shape index (κ2) is 4.72. The van der Waals surface area contributed by atoms with Crippen molar-refractivity contribution in [2.24, 2.45) is 0 Å². The van der Waals surface area contributed by atoms with Gasteiger partial charge in [0.1, 0.15) is 0 Å². The standard InChI is InChI=1S/C23H30/c1-21(2,3)15-11-9-13-17-19(15)20-16(22(4,5)6)12-10-14-18(20)23(17,7)8/h9-14H,1-8H3. The molecule has 0 heteroatoms. The molecule has 0 aliphatic heterocycles. The molecule has 0 atom stereocenters. The van der Waals surface area contributed by atoms with Gasteiger partial charge in [0.05, 0.1) is 0 Å². The van der Waals surface area contributed by atoms with E-state index in [2.05, 4.69) is 91.8 Å². The summed E-state index contributed by atoms with van der Waals surface area (Å²) in [7, 11) is 0. The van der Waals surface area contributed by atoms with Crippen LogP contribution in [-0.2, 0) is 16.2 Å². The Labute approximate surface area is 141 Å². The minimum absolute atomic E-state index is 0.0766. The number of benzene rings is 2. The van der Waals surface area contributed by atoms with Gasteiger partial charge in [-0.15, -0.1) is 0 Å². The van der Waals surface area contributed by atoms with Gasteiger partial charge in [-0.25, -0.2) is 0 Å². The van der Waals surface area contributed by atoms with E-state index in [4.69, 9.17) is 0 Å². The van der Waals surface area contributed by atoms with E-state index in [1.165, 1.54) is 33.4 Å². The fourth-order valence-corrected chi connectivity index (χ4v) is 4.08. The molecule has 0 bridgehead atoms. The van der Waals surface area contributed by atoms with Crippen molar-refractivity contribution in [3.05, 3.63) is 58.7 Å². The van der Waals surface area contributed by atoms with E-state index in [1.807, 2.05) is 0 Å². The summed E-state index contributed by atoms with van der Waals surface area (Å²) in [6, 6.07) is 13.8. The number of rotatable bonds is 0. The molecule has 0 saturated heterocycles. The maximum Gasteiger partial charge on any atom is 0.0159 e. The average molecular weight is 306 g/mol. The fourth-order valence-electron chi connectivity index (χ4n) is 4.08. The fraction of sp³-hybridized carbons (Fsp3) is 0.478. The molecule has 0 amide bonds. The van der Waals surface area contributed by atoms with Crippen LogP contribution in [0.25, 0.3) is 11.1 Å². The van der Waals surface area contributed by atoms with Gasteiger partial charge in [-0.2, -0.15) is 0 Å². The predicted octanol–water partition coefficient (Wildman–Crippen LogP) is 6.59. The quantitative estimate of drug-likeness (QED) is 0.515. The Morgan fingerprint density at radius 2 is 0.957 bits per heavy atom. The Morgan fingerprint density at radius 1 is 0.609 bits per heavy atom. The summed E-state index contributed by atoms with van der Waals surface area (Å²) >= 11 is 0. The molecule has 0 radical (unpaired) electrons. The van der Waals surface area contributed by atoms with Crippen molar-refractivity contribution in [3.63, 3.8) is 0 Å². The highest BCUT2D eigenvalue weighted by atomic mass is 14.4. The molecule has 23 heavy (non-hydrogen) atoms. The monoisotopic (exact) mass is 306 g/mol. The molecule has 0 saturated carbocycles. The van der Waals surface area contributed by atoms with Crippen molar-refractivity contribution in [2.45, 2.75) is 71.6 Å². The second-order valence-electron chi connectivity index (χ2n) is 9.58. The first kappa shape index (κ1) is 16.3. The van der Waals surface area contributed by atoms with Crippen LogP contribution in [0.4, 0.5) is 0 Å². The van der Waals surface area contributed by atoms with E-state index in [1.54, 1.807) is 0 Å². The van der Waals surface area contributed by atoms with Crippen LogP contribution < -0.4 is 0 Å². The van der Waals surface area contributed by atoms with Gasteiger partial charge >= 0.3 is 0 Å². The summed E-state index contributed by atoms with van der Waals surface area (Å²) in [5.41, 5.74) is 9.26. The van der Waals surface area contributed by atoms with E-state index in [-0.39, 0.29) is 16.2 Å². The first-order valence-electron chi connectivity index (χ1n) is 8.74. The Hall–Kier alpha value is -1.56. The van der Waals surface area contributed by atoms with E-state index < -0.39 is 0 Å². The Kier molecular flexibility index (Phi) is 3.35. The lowest BCUT2D eigenvalue weighted by molar-refractivity contribution is 0.585. The van der Waals surface area contributed by atoms with Gasteiger partial charge < -0.3 is 0 Å². The molecule has 0 heterocycles. The van der Waals surface area contributed by atoms with Crippen LogP contribution in [0.1, 0.15) is 77.6 Å². The molecule has 0 spiro atoms. The second-order valence-corrected chi connectivity index (χ2v) is 9.58. The van der Waals surface area contributed by atoms with Gasteiger partial charge in [0, 0.05) is 5.41 Å². The molecular formula is C23H30. The number of hydrogen-bond donors (Lipinski definition) is 0. The van der Waals surface area contributed by atoms with Crippen molar-refractivity contribution >= 4 is 0 Å². The number of fused-ring (bicyclic) bond motifs is 3. The zero-order chi connectivity index (χ0) is 17.2. The van der Waals surface area contributed by atoms with Crippen molar-refractivity contribution in [1.82, 2.24) is 0 Å². The van der Waals surface area contributed by atoms with Gasteiger partial charge in [0.25, 0.3) is 0 Å². The van der Waals surface area contributed by atoms with Crippen molar-refractivity contribution in [1.29, 1.82) is 0 Å². The first-order chi connectivity index (χ1) is 10.5. The molecule has 0 aromatic heterocycles. The van der Waals surface area contributed by atoms with Crippen LogP contribution in [-0.4, -0.2) is 0 Å². The molecule has 2 aromatic carbocycles. The van der Waals surface area contributed by atoms with Crippen molar-refractivity contribution in [3.8, 4) is 11.1 Å². The van der Waals surface area contributed by atoms with E-state index in [0.29, 0.717) is 0 Å². The number of hydrogen-bond acceptors (Lipinski definition) is 0. The molecule has 0 N–H and O–H groups in total. The highest BCUT2D eigenvalue weighted by Gasteiger charge is 2.40. The minimum atomic E-state index is 0.0766. The van der Waals surface area contributed by atoms with E-state index >= 15 is 0 Å². The van der Waals surface area contributed by atoms with Gasteiger partial charge in [-0.3, -0.25) is 0 Å². The summed E-state index contributed by atoms with van der Waals surface area (Å²) in [5.74, 6) is 0. The Bertz CT molecular complexity index is 696. The van der Waals surface area contributed by atoms with Crippen LogP contribution in [0.5, 0.6) is 0 Å². The zero-order valence-electron chi connectivity index (χ0n) is 16.0. The maximum absolute atomic E-state index is 2.37. The molecule has 122 valence electrons. The van der Waals surface area contributed by atoms with Crippen LogP contribution >= 0.6 is 0 Å². The molecule has 0 unspecified atom stereocenters. The molecule has 0 fully saturated rings. The molecule has 2 aromatic rings. The molecule has 1 aliphatic rings. The van der Waals surface area contributed by atoms with Gasteiger partial charge in [0.2, 0.25) is 0 Å². The third kappa shape index (κ3) is 2.35. The van der Waals surface area contributed by atoms with E-state index in [0.717, 1.165) is 0 Å². The topological polar surface area (TPSA) is 0 Å². The zero-order valence-corrected chi connectivity index (χ0v) is 16.0. The maximum atomic E-state index is 2.37. The van der Waals surface area contributed by atoms with Gasteiger partial charge in [-0.05, 0) is 44.2 Å². The smallest absolute Gasteiger partial charge is 0.0159 e. The van der Waals surface area contributed by atoms with Crippen LogP contribution in [0.15, 0.2) is 36.4 Å². The molecule has 0 nitrogen and oxygen atoms in total. The van der Waals surface area contributed by atoms with Crippen LogP contribution in [0.2, 0.25) is 0 Å². The third-order valence-corrected chi connectivity index (χ3v) is 5.34. The lowest BCUT2D eigenvalue weighted by Gasteiger charge is -2.27. The summed E-state index contributed by atoms with van der Waals surface area (Å²) in [6.45, 7) is 18.7. The average Bonchev–Trinajstić information content (AvgIpc) is 2.66. The lowest BCUT2D eigenvalue weighted by Crippen LogP contribution is -2.17. The molecular weight excluding hydrogens is 276 g/mol. The summed E-state index contributed by atoms with van der Waals surface area (Å²) in [4.78, 5) is 0. The van der Waals surface area contributed by atoms with Crippen molar-refractivity contribution in [2.75, 3.05) is 0 Å². The largest absolute Gasteiger partial charge is 0.0616 e. The summed E-state index contributed by atoms with van der Waals surface area (Å²) in [5, 5.41) is 0. The molecule has 3 rings (SSSR count). The lowest BCUT2D eigenvalue weighted by atomic mass is 9.77. The van der Waals surface area contributed by atoms with Crippen LogP contribution in [0.3, 0.4) is 0 Å². The third-order valence-electron chi connectivity index (χ3n) is 5.34. The summed E-state index contributed by atoms with van der Waals surface area (Å²) < 4.78 is 0.